The summed E-state index contributed by atoms with van der Waals surface area (Å²) in [7, 11) is 1.29. The van der Waals surface area contributed by atoms with Crippen LogP contribution >= 0.6 is 11.6 Å². The van der Waals surface area contributed by atoms with Crippen LogP contribution in [-0.4, -0.2) is 49.7 Å². The van der Waals surface area contributed by atoms with Crippen molar-refractivity contribution in [3.63, 3.8) is 0 Å². The number of morpholine rings is 1. The van der Waals surface area contributed by atoms with Gasteiger partial charge >= 0.3 is 5.97 Å². The maximum atomic E-state index is 12.5. The minimum Gasteiger partial charge on any atom is -0.467 e. The Morgan fingerprint density at radius 2 is 2.20 bits per heavy atom. The van der Waals surface area contributed by atoms with Gasteiger partial charge in [-0.3, -0.25) is 4.79 Å². The second kappa shape index (κ2) is 6.24. The zero-order valence-corrected chi connectivity index (χ0v) is 12.1. The van der Waals surface area contributed by atoms with Crippen molar-refractivity contribution in [1.29, 1.82) is 0 Å². The van der Waals surface area contributed by atoms with Crippen molar-refractivity contribution < 1.29 is 19.1 Å². The number of halogens is 1. The Labute approximate surface area is 122 Å². The lowest BCUT2D eigenvalue weighted by molar-refractivity contribution is -0.151. The fourth-order valence-electron chi connectivity index (χ4n) is 2.07. The van der Waals surface area contributed by atoms with E-state index in [1.165, 1.54) is 12.0 Å². The molecule has 1 saturated heterocycles. The molecule has 1 heterocycles. The van der Waals surface area contributed by atoms with Crippen molar-refractivity contribution >= 4 is 23.5 Å². The van der Waals surface area contributed by atoms with Crippen molar-refractivity contribution in [2.75, 3.05) is 26.9 Å². The molecule has 0 aliphatic carbocycles. The van der Waals surface area contributed by atoms with Gasteiger partial charge in [-0.2, -0.15) is 0 Å². The summed E-state index contributed by atoms with van der Waals surface area (Å²) in [5.74, 6) is -0.721. The fourth-order valence-corrected chi connectivity index (χ4v) is 2.25. The Morgan fingerprint density at radius 3 is 2.85 bits per heavy atom. The van der Waals surface area contributed by atoms with Gasteiger partial charge in [0.25, 0.3) is 5.91 Å². The zero-order valence-electron chi connectivity index (χ0n) is 11.4. The quantitative estimate of drug-likeness (QED) is 0.779. The molecular weight excluding hydrogens is 282 g/mol. The molecule has 2 rings (SSSR count). The molecule has 0 N–H and O–H groups in total. The van der Waals surface area contributed by atoms with Crippen LogP contribution in [0.2, 0.25) is 5.02 Å². The van der Waals surface area contributed by atoms with Crippen LogP contribution in [0.4, 0.5) is 0 Å². The highest BCUT2D eigenvalue weighted by Gasteiger charge is 2.34. The summed E-state index contributed by atoms with van der Waals surface area (Å²) in [6, 6.07) is 4.39. The highest BCUT2D eigenvalue weighted by Crippen LogP contribution is 2.20. The fraction of sp³-hybridized carbons (Fsp3) is 0.429. The normalized spacial score (nSPS) is 18.8. The van der Waals surface area contributed by atoms with Gasteiger partial charge in [0.1, 0.15) is 0 Å². The van der Waals surface area contributed by atoms with E-state index in [0.717, 1.165) is 5.56 Å². The van der Waals surface area contributed by atoms with Gasteiger partial charge in [-0.15, -0.1) is 0 Å². The standard InChI is InChI=1S/C14H16ClNO4/c1-9-3-4-10(7-11(9)15)13(17)16-5-6-20-8-12(16)14(18)19-2/h3-4,7,12H,5-6,8H2,1-2H3. The summed E-state index contributed by atoms with van der Waals surface area (Å²) in [6.07, 6.45) is 0. The average Bonchev–Trinajstić information content (AvgIpc) is 2.48. The summed E-state index contributed by atoms with van der Waals surface area (Å²) >= 11 is 6.04. The molecule has 1 amide bonds. The molecule has 1 aliphatic rings. The number of nitrogens with zero attached hydrogens (tertiary/aromatic N) is 1. The Hall–Kier alpha value is -1.59. The maximum absolute atomic E-state index is 12.5. The first-order chi connectivity index (χ1) is 9.54. The van der Waals surface area contributed by atoms with Crippen molar-refractivity contribution in [2.24, 2.45) is 0 Å². The molecule has 6 heteroatoms. The lowest BCUT2D eigenvalue weighted by Crippen LogP contribution is -2.53. The number of carbonyl (C=O) groups excluding carboxylic acids is 2. The van der Waals surface area contributed by atoms with E-state index < -0.39 is 12.0 Å². The van der Waals surface area contributed by atoms with Gasteiger partial charge in [-0.05, 0) is 24.6 Å². The minimum atomic E-state index is -0.707. The molecule has 20 heavy (non-hydrogen) atoms. The van der Waals surface area contributed by atoms with Gasteiger partial charge < -0.3 is 14.4 Å². The molecule has 1 aromatic rings. The first kappa shape index (κ1) is 14.8. The summed E-state index contributed by atoms with van der Waals surface area (Å²) in [5.41, 5.74) is 1.35. The number of esters is 1. The van der Waals surface area contributed by atoms with E-state index in [4.69, 9.17) is 21.1 Å². The van der Waals surface area contributed by atoms with Gasteiger partial charge in [-0.25, -0.2) is 4.79 Å². The Bertz CT molecular complexity index is 532. The van der Waals surface area contributed by atoms with Gasteiger partial charge in [0, 0.05) is 17.1 Å². The number of hydrogen-bond donors (Lipinski definition) is 0. The molecule has 1 unspecified atom stereocenters. The van der Waals surface area contributed by atoms with Gasteiger partial charge in [0.2, 0.25) is 0 Å². The van der Waals surface area contributed by atoms with Crippen LogP contribution in [0.3, 0.4) is 0 Å². The first-order valence-electron chi connectivity index (χ1n) is 6.27. The van der Waals surface area contributed by atoms with E-state index in [9.17, 15) is 9.59 Å². The third-order valence-corrected chi connectivity index (χ3v) is 3.69. The summed E-state index contributed by atoms with van der Waals surface area (Å²) in [6.45, 7) is 2.77. The maximum Gasteiger partial charge on any atom is 0.331 e. The molecule has 0 spiro atoms. The Balaban J connectivity index is 2.25. The summed E-state index contributed by atoms with van der Waals surface area (Å²) in [4.78, 5) is 25.7. The molecule has 1 fully saturated rings. The highest BCUT2D eigenvalue weighted by molar-refractivity contribution is 6.31. The van der Waals surface area contributed by atoms with Crippen LogP contribution in [0.5, 0.6) is 0 Å². The number of methoxy groups -OCH3 is 1. The number of hydrogen-bond acceptors (Lipinski definition) is 4. The van der Waals surface area contributed by atoms with Crippen molar-refractivity contribution in [3.8, 4) is 0 Å². The second-order valence-corrected chi connectivity index (χ2v) is 4.98. The first-order valence-corrected chi connectivity index (χ1v) is 6.65. The molecule has 1 aromatic carbocycles. The lowest BCUT2D eigenvalue weighted by atomic mass is 10.1. The van der Waals surface area contributed by atoms with Crippen LogP contribution < -0.4 is 0 Å². The number of rotatable bonds is 2. The molecular formula is C14H16ClNO4. The van der Waals surface area contributed by atoms with Gasteiger partial charge in [0.15, 0.2) is 6.04 Å². The van der Waals surface area contributed by atoms with Crippen LogP contribution in [0.25, 0.3) is 0 Å². The molecule has 1 atom stereocenters. The number of benzene rings is 1. The SMILES string of the molecule is COC(=O)C1COCCN1C(=O)c1ccc(C)c(Cl)c1. The third kappa shape index (κ3) is 2.94. The molecule has 0 radical (unpaired) electrons. The van der Waals surface area contributed by atoms with E-state index >= 15 is 0 Å². The summed E-state index contributed by atoms with van der Waals surface area (Å²) in [5, 5.41) is 0.527. The van der Waals surface area contributed by atoms with Crippen LogP contribution in [0, 0.1) is 6.92 Å². The Morgan fingerprint density at radius 1 is 1.45 bits per heavy atom. The monoisotopic (exact) mass is 297 g/mol. The van der Waals surface area contributed by atoms with Crippen LogP contribution in [-0.2, 0) is 14.3 Å². The number of aryl methyl sites for hydroxylation is 1. The number of ether oxygens (including phenoxy) is 2. The predicted octanol–water partition coefficient (Wildman–Crippen LogP) is 1.66. The minimum absolute atomic E-state index is 0.151. The highest BCUT2D eigenvalue weighted by atomic mass is 35.5. The molecule has 0 saturated carbocycles. The topological polar surface area (TPSA) is 55.8 Å². The average molecular weight is 298 g/mol. The van der Waals surface area contributed by atoms with Crippen molar-refractivity contribution in [1.82, 2.24) is 4.90 Å². The predicted molar refractivity (Wildman–Crippen MR) is 73.8 cm³/mol. The van der Waals surface area contributed by atoms with Crippen molar-refractivity contribution in [2.45, 2.75) is 13.0 Å². The largest absolute Gasteiger partial charge is 0.467 e. The summed E-state index contributed by atoms with van der Waals surface area (Å²) < 4.78 is 9.95. The smallest absolute Gasteiger partial charge is 0.331 e. The second-order valence-electron chi connectivity index (χ2n) is 4.58. The van der Waals surface area contributed by atoms with Crippen LogP contribution in [0.1, 0.15) is 15.9 Å². The molecule has 0 bridgehead atoms. The van der Waals surface area contributed by atoms with E-state index in [1.54, 1.807) is 18.2 Å². The third-order valence-electron chi connectivity index (χ3n) is 3.28. The molecule has 5 nitrogen and oxygen atoms in total. The van der Waals surface area contributed by atoms with Crippen molar-refractivity contribution in [3.05, 3.63) is 34.3 Å². The number of carbonyl (C=O) groups is 2. The zero-order chi connectivity index (χ0) is 14.7. The van der Waals surface area contributed by atoms with E-state index in [1.807, 2.05) is 6.92 Å². The van der Waals surface area contributed by atoms with E-state index in [-0.39, 0.29) is 12.5 Å². The lowest BCUT2D eigenvalue weighted by Gasteiger charge is -2.33. The van der Waals surface area contributed by atoms with Gasteiger partial charge in [0.05, 0.1) is 20.3 Å². The number of amides is 1. The van der Waals surface area contributed by atoms with E-state index in [0.29, 0.717) is 23.7 Å². The van der Waals surface area contributed by atoms with Crippen LogP contribution in [0.15, 0.2) is 18.2 Å². The molecule has 1 aliphatic heterocycles. The van der Waals surface area contributed by atoms with Gasteiger partial charge in [-0.1, -0.05) is 17.7 Å². The molecule has 0 aromatic heterocycles. The Kier molecular flexibility index (Phi) is 4.62. The van der Waals surface area contributed by atoms with E-state index in [2.05, 4.69) is 0 Å². The molecule has 108 valence electrons.